The third-order valence-electron chi connectivity index (χ3n) is 3.31. The number of ether oxygens (including phenoxy) is 2. The van der Waals surface area contributed by atoms with Crippen molar-refractivity contribution in [3.05, 3.63) is 30.1 Å². The summed E-state index contributed by atoms with van der Waals surface area (Å²) in [6.07, 6.45) is -0.296. The van der Waals surface area contributed by atoms with Crippen LogP contribution in [0.5, 0.6) is 5.75 Å². The zero-order valence-electron chi connectivity index (χ0n) is 13.1. The lowest BCUT2D eigenvalue weighted by Crippen LogP contribution is -2.41. The van der Waals surface area contributed by atoms with Crippen molar-refractivity contribution in [2.45, 2.75) is 44.9 Å². The minimum Gasteiger partial charge on any atom is -0.488 e. The first kappa shape index (κ1) is 16.5. The number of likely N-dealkylation sites (tertiary alicyclic amines) is 1. The Kier molecular flexibility index (Phi) is 4.90. The van der Waals surface area contributed by atoms with E-state index in [9.17, 15) is 14.3 Å². The smallest absolute Gasteiger partial charge is 0.410 e. The second kappa shape index (κ2) is 6.52. The van der Waals surface area contributed by atoms with Crippen molar-refractivity contribution < 1.29 is 23.8 Å². The van der Waals surface area contributed by atoms with Gasteiger partial charge >= 0.3 is 6.09 Å². The quantitative estimate of drug-likeness (QED) is 0.932. The summed E-state index contributed by atoms with van der Waals surface area (Å²) < 4.78 is 24.2. The first-order chi connectivity index (χ1) is 10.3. The molecule has 6 heteroatoms. The van der Waals surface area contributed by atoms with E-state index in [0.29, 0.717) is 18.7 Å². The van der Waals surface area contributed by atoms with Crippen LogP contribution < -0.4 is 4.74 Å². The van der Waals surface area contributed by atoms with Crippen molar-refractivity contribution in [1.29, 1.82) is 0 Å². The molecule has 0 saturated carbocycles. The molecule has 1 aliphatic rings. The number of amides is 1. The van der Waals surface area contributed by atoms with E-state index in [-0.39, 0.29) is 24.6 Å². The Morgan fingerprint density at radius 2 is 2.18 bits per heavy atom. The van der Waals surface area contributed by atoms with E-state index in [4.69, 9.17) is 9.47 Å². The van der Waals surface area contributed by atoms with Gasteiger partial charge in [-0.2, -0.15) is 0 Å². The predicted molar refractivity (Wildman–Crippen MR) is 79.2 cm³/mol. The average molecular weight is 311 g/mol. The second-order valence-electron chi connectivity index (χ2n) is 6.40. The molecule has 1 fully saturated rings. The zero-order valence-corrected chi connectivity index (χ0v) is 13.1. The van der Waals surface area contributed by atoms with Gasteiger partial charge in [-0.05, 0) is 32.9 Å². The molecule has 0 radical (unpaired) electrons. The van der Waals surface area contributed by atoms with Crippen molar-refractivity contribution in [1.82, 2.24) is 4.90 Å². The molecule has 22 heavy (non-hydrogen) atoms. The molecule has 1 aliphatic heterocycles. The van der Waals surface area contributed by atoms with Gasteiger partial charge in [0, 0.05) is 12.5 Å². The molecule has 0 aliphatic carbocycles. The van der Waals surface area contributed by atoms with E-state index in [2.05, 4.69) is 0 Å². The molecule has 1 N–H and O–H groups in total. The Hall–Kier alpha value is -1.82. The summed E-state index contributed by atoms with van der Waals surface area (Å²) in [7, 11) is 0. The second-order valence-corrected chi connectivity index (χ2v) is 6.40. The fraction of sp³-hybridized carbons (Fsp3) is 0.562. The molecule has 122 valence electrons. The van der Waals surface area contributed by atoms with E-state index in [1.165, 1.54) is 17.0 Å². The van der Waals surface area contributed by atoms with Crippen LogP contribution in [0.4, 0.5) is 9.18 Å². The summed E-state index contributed by atoms with van der Waals surface area (Å²) in [5.41, 5.74) is -0.599. The van der Waals surface area contributed by atoms with E-state index in [1.807, 2.05) is 0 Å². The van der Waals surface area contributed by atoms with E-state index >= 15 is 0 Å². The van der Waals surface area contributed by atoms with E-state index in [0.717, 1.165) is 0 Å². The number of carbonyl (C=O) groups excluding carboxylic acids is 1. The largest absolute Gasteiger partial charge is 0.488 e. The molecule has 2 rings (SSSR count). The summed E-state index contributed by atoms with van der Waals surface area (Å²) in [6.45, 7) is 5.50. The molecule has 0 aromatic heterocycles. The van der Waals surface area contributed by atoms with Gasteiger partial charge in [0.2, 0.25) is 0 Å². The third-order valence-corrected chi connectivity index (χ3v) is 3.31. The van der Waals surface area contributed by atoms with Gasteiger partial charge in [0.1, 0.15) is 23.3 Å². The number of halogens is 1. The van der Waals surface area contributed by atoms with E-state index in [1.54, 1.807) is 32.9 Å². The lowest BCUT2D eigenvalue weighted by molar-refractivity contribution is 0.0165. The lowest BCUT2D eigenvalue weighted by atomic mass is 10.2. The third kappa shape index (κ3) is 4.34. The maximum absolute atomic E-state index is 13.2. The summed E-state index contributed by atoms with van der Waals surface area (Å²) in [6, 6.07) is 5.50. The van der Waals surface area contributed by atoms with Crippen LogP contribution in [0.2, 0.25) is 0 Å². The number of aliphatic hydroxyl groups is 1. The molecule has 5 nitrogen and oxygen atoms in total. The molecule has 0 unspecified atom stereocenters. The highest BCUT2D eigenvalue weighted by atomic mass is 19.1. The van der Waals surface area contributed by atoms with Crippen LogP contribution in [0, 0.1) is 5.82 Å². The van der Waals surface area contributed by atoms with Crippen molar-refractivity contribution in [2.75, 3.05) is 13.2 Å². The standard InChI is InChI=1S/C16H22FNO4/c1-16(2,3)22-15(20)18-9-14(8-12(18)10-19)21-13-6-4-5-11(17)7-13/h4-7,12,14,19H,8-10H2,1-3H3/t12-,14-/m0/s1. The topological polar surface area (TPSA) is 59.0 Å². The van der Waals surface area contributed by atoms with Gasteiger partial charge in [-0.15, -0.1) is 0 Å². The molecule has 1 saturated heterocycles. The minimum atomic E-state index is -0.599. The maximum Gasteiger partial charge on any atom is 0.410 e. The molecule has 1 amide bonds. The first-order valence-corrected chi connectivity index (χ1v) is 7.31. The summed E-state index contributed by atoms with van der Waals surface area (Å²) in [5.74, 6) is 0.0333. The molecule has 1 aromatic carbocycles. The van der Waals surface area contributed by atoms with Crippen LogP contribution in [0.25, 0.3) is 0 Å². The van der Waals surface area contributed by atoms with Gasteiger partial charge in [0.15, 0.2) is 0 Å². The van der Waals surface area contributed by atoms with Crippen LogP contribution in [0.15, 0.2) is 24.3 Å². The molecule has 0 spiro atoms. The monoisotopic (exact) mass is 311 g/mol. The number of hydrogen-bond donors (Lipinski definition) is 1. The molecule has 1 aromatic rings. The summed E-state index contributed by atoms with van der Waals surface area (Å²) in [5, 5.41) is 9.45. The fourth-order valence-corrected chi connectivity index (χ4v) is 2.41. The first-order valence-electron chi connectivity index (χ1n) is 7.31. The van der Waals surface area contributed by atoms with E-state index < -0.39 is 11.7 Å². The highest BCUT2D eigenvalue weighted by molar-refractivity contribution is 5.69. The zero-order chi connectivity index (χ0) is 16.3. The Labute approximate surface area is 129 Å². The number of rotatable bonds is 3. The van der Waals surface area contributed by atoms with Crippen LogP contribution >= 0.6 is 0 Å². The van der Waals surface area contributed by atoms with Gasteiger partial charge in [-0.1, -0.05) is 6.07 Å². The minimum absolute atomic E-state index is 0.164. The van der Waals surface area contributed by atoms with Gasteiger partial charge in [-0.3, -0.25) is 4.90 Å². The number of benzene rings is 1. The maximum atomic E-state index is 13.2. The SMILES string of the molecule is CC(C)(C)OC(=O)N1C[C@@H](Oc2cccc(F)c2)C[C@H]1CO. The van der Waals surface area contributed by atoms with Gasteiger partial charge < -0.3 is 14.6 Å². The average Bonchev–Trinajstić information content (AvgIpc) is 2.80. The summed E-state index contributed by atoms with van der Waals surface area (Å²) >= 11 is 0. The molecular weight excluding hydrogens is 289 g/mol. The predicted octanol–water partition coefficient (Wildman–Crippen LogP) is 2.57. The van der Waals surface area contributed by atoms with Crippen LogP contribution in [-0.2, 0) is 4.74 Å². The molecule has 1 heterocycles. The van der Waals surface area contributed by atoms with Crippen molar-refractivity contribution >= 4 is 6.09 Å². The molecule has 2 atom stereocenters. The van der Waals surface area contributed by atoms with Crippen molar-refractivity contribution in [3.8, 4) is 5.75 Å². The van der Waals surface area contributed by atoms with Gasteiger partial charge in [0.25, 0.3) is 0 Å². The highest BCUT2D eigenvalue weighted by Gasteiger charge is 2.38. The van der Waals surface area contributed by atoms with Crippen molar-refractivity contribution in [2.24, 2.45) is 0 Å². The Morgan fingerprint density at radius 1 is 1.45 bits per heavy atom. The Balaban J connectivity index is 2.01. The highest BCUT2D eigenvalue weighted by Crippen LogP contribution is 2.25. The van der Waals surface area contributed by atoms with Crippen LogP contribution in [0.1, 0.15) is 27.2 Å². The van der Waals surface area contributed by atoms with Gasteiger partial charge in [0.05, 0.1) is 19.2 Å². The van der Waals surface area contributed by atoms with Crippen LogP contribution in [0.3, 0.4) is 0 Å². The normalized spacial score (nSPS) is 21.8. The number of aliphatic hydroxyl groups excluding tert-OH is 1. The van der Waals surface area contributed by atoms with Crippen molar-refractivity contribution in [3.63, 3.8) is 0 Å². The Bertz CT molecular complexity index is 529. The lowest BCUT2D eigenvalue weighted by Gasteiger charge is -2.27. The number of hydrogen-bond acceptors (Lipinski definition) is 4. The molecule has 0 bridgehead atoms. The number of carbonyl (C=O) groups is 1. The molecular formula is C16H22FNO4. The number of nitrogens with zero attached hydrogens (tertiary/aromatic N) is 1. The van der Waals surface area contributed by atoms with Crippen LogP contribution in [-0.4, -0.2) is 47.0 Å². The summed E-state index contributed by atoms with van der Waals surface area (Å²) in [4.78, 5) is 13.6. The Morgan fingerprint density at radius 3 is 2.77 bits per heavy atom. The fourth-order valence-electron chi connectivity index (χ4n) is 2.41. The van der Waals surface area contributed by atoms with Gasteiger partial charge in [-0.25, -0.2) is 9.18 Å².